The lowest BCUT2D eigenvalue weighted by molar-refractivity contribution is -0.274. The van der Waals surface area contributed by atoms with Crippen LogP contribution in [0.25, 0.3) is 11.1 Å². The summed E-state index contributed by atoms with van der Waals surface area (Å²) < 4.78 is 39.9. The first kappa shape index (κ1) is 14.1. The summed E-state index contributed by atoms with van der Waals surface area (Å²) in [5, 5.41) is 9.25. The third-order valence-electron chi connectivity index (χ3n) is 2.58. The Morgan fingerprint density at radius 2 is 1.85 bits per heavy atom. The highest BCUT2D eigenvalue weighted by Crippen LogP contribution is 2.28. The van der Waals surface area contributed by atoms with E-state index >= 15 is 0 Å². The maximum Gasteiger partial charge on any atom is 0.573 e. The van der Waals surface area contributed by atoms with E-state index in [9.17, 15) is 18.3 Å². The van der Waals surface area contributed by atoms with Crippen molar-refractivity contribution in [2.75, 3.05) is 5.73 Å². The van der Waals surface area contributed by atoms with Crippen molar-refractivity contribution in [3.63, 3.8) is 0 Å². The minimum Gasteiger partial charge on any atom is -0.406 e. The molecule has 2 aromatic rings. The predicted octanol–water partition coefficient (Wildman–Crippen LogP) is 2.72. The van der Waals surface area contributed by atoms with Gasteiger partial charge in [0, 0.05) is 11.8 Å². The van der Waals surface area contributed by atoms with Gasteiger partial charge in [0.2, 0.25) is 0 Å². The van der Waals surface area contributed by atoms with E-state index in [0.717, 1.165) is 0 Å². The van der Waals surface area contributed by atoms with E-state index in [1.54, 1.807) is 0 Å². The number of nitrogens with two attached hydrogens (primary N) is 1. The molecule has 0 atom stereocenters. The third-order valence-corrected chi connectivity index (χ3v) is 2.58. The molecule has 0 fully saturated rings. The highest BCUT2D eigenvalue weighted by molar-refractivity contribution is 5.68. The summed E-state index contributed by atoms with van der Waals surface area (Å²) in [7, 11) is 0. The van der Waals surface area contributed by atoms with Gasteiger partial charge in [0.1, 0.15) is 11.6 Å². The standard InChI is InChI=1S/C13H11F3N2O2/c14-13(15,16)20-10-3-1-8(2-4-10)11-6-18-12(17)5-9(11)7-19/h1-6,19H,7H2,(H2,17,18). The number of benzene rings is 1. The van der Waals surface area contributed by atoms with Crippen LogP contribution in [0, 0.1) is 0 Å². The largest absolute Gasteiger partial charge is 0.573 e. The summed E-state index contributed by atoms with van der Waals surface area (Å²) in [6, 6.07) is 6.80. The first-order chi connectivity index (χ1) is 9.39. The van der Waals surface area contributed by atoms with Crippen LogP contribution in [0.2, 0.25) is 0 Å². The Bertz CT molecular complexity index is 598. The second kappa shape index (κ2) is 5.38. The molecule has 20 heavy (non-hydrogen) atoms. The fourth-order valence-electron chi connectivity index (χ4n) is 1.74. The van der Waals surface area contributed by atoms with E-state index in [1.165, 1.54) is 36.5 Å². The summed E-state index contributed by atoms with van der Waals surface area (Å²) in [4.78, 5) is 3.90. The van der Waals surface area contributed by atoms with Crippen molar-refractivity contribution in [3.05, 3.63) is 42.1 Å². The number of pyridine rings is 1. The summed E-state index contributed by atoms with van der Waals surface area (Å²) in [5.74, 6) is -0.0509. The number of anilines is 1. The van der Waals surface area contributed by atoms with Crippen LogP contribution in [0.3, 0.4) is 0 Å². The van der Waals surface area contributed by atoms with Gasteiger partial charge in [-0.2, -0.15) is 0 Å². The number of nitrogens with zero attached hydrogens (tertiary/aromatic N) is 1. The van der Waals surface area contributed by atoms with Gasteiger partial charge in [-0.05, 0) is 29.3 Å². The van der Waals surface area contributed by atoms with E-state index in [0.29, 0.717) is 16.7 Å². The molecule has 0 saturated carbocycles. The number of rotatable bonds is 3. The van der Waals surface area contributed by atoms with Gasteiger partial charge in [-0.1, -0.05) is 12.1 Å². The molecule has 7 heteroatoms. The van der Waals surface area contributed by atoms with Crippen LogP contribution < -0.4 is 10.5 Å². The topological polar surface area (TPSA) is 68.4 Å². The molecule has 0 saturated heterocycles. The molecule has 0 aliphatic rings. The van der Waals surface area contributed by atoms with Gasteiger partial charge < -0.3 is 15.6 Å². The second-order valence-electron chi connectivity index (χ2n) is 4.00. The van der Waals surface area contributed by atoms with Gasteiger partial charge in [-0.15, -0.1) is 13.2 Å². The summed E-state index contributed by atoms with van der Waals surface area (Å²) in [6.45, 7) is -0.247. The van der Waals surface area contributed by atoms with E-state index in [4.69, 9.17) is 5.73 Å². The molecule has 106 valence electrons. The maximum atomic E-state index is 12.0. The highest BCUT2D eigenvalue weighted by atomic mass is 19.4. The lowest BCUT2D eigenvalue weighted by atomic mass is 10.0. The number of aliphatic hydroxyl groups is 1. The Kier molecular flexibility index (Phi) is 3.80. The fourth-order valence-corrected chi connectivity index (χ4v) is 1.74. The predicted molar refractivity (Wildman–Crippen MR) is 66.7 cm³/mol. The molecule has 1 aromatic heterocycles. The monoisotopic (exact) mass is 284 g/mol. The molecule has 2 rings (SSSR count). The van der Waals surface area contributed by atoms with Gasteiger partial charge in [-0.25, -0.2) is 4.98 Å². The zero-order chi connectivity index (χ0) is 14.8. The molecule has 0 spiro atoms. The zero-order valence-electron chi connectivity index (χ0n) is 10.2. The van der Waals surface area contributed by atoms with Crippen molar-refractivity contribution in [2.24, 2.45) is 0 Å². The summed E-state index contributed by atoms with van der Waals surface area (Å²) in [6.07, 6.45) is -3.26. The van der Waals surface area contributed by atoms with Crippen LogP contribution in [-0.4, -0.2) is 16.5 Å². The van der Waals surface area contributed by atoms with Gasteiger partial charge in [0.15, 0.2) is 0 Å². The average molecular weight is 284 g/mol. The molecule has 0 aliphatic heterocycles. The van der Waals surface area contributed by atoms with Crippen LogP contribution in [0.5, 0.6) is 5.75 Å². The van der Waals surface area contributed by atoms with Gasteiger partial charge in [0.05, 0.1) is 6.61 Å². The Morgan fingerprint density at radius 3 is 2.40 bits per heavy atom. The highest BCUT2D eigenvalue weighted by Gasteiger charge is 2.30. The molecule has 0 bridgehead atoms. The van der Waals surface area contributed by atoms with E-state index < -0.39 is 6.36 Å². The van der Waals surface area contributed by atoms with Crippen LogP contribution in [0.1, 0.15) is 5.56 Å². The molecular weight excluding hydrogens is 273 g/mol. The number of hydrogen-bond donors (Lipinski definition) is 2. The van der Waals surface area contributed by atoms with Crippen molar-refractivity contribution in [1.29, 1.82) is 0 Å². The number of alkyl halides is 3. The normalized spacial score (nSPS) is 11.4. The molecule has 0 unspecified atom stereocenters. The van der Waals surface area contributed by atoms with Crippen LogP contribution in [-0.2, 0) is 6.61 Å². The van der Waals surface area contributed by atoms with Crippen molar-refractivity contribution >= 4 is 5.82 Å². The fraction of sp³-hybridized carbons (Fsp3) is 0.154. The molecule has 1 heterocycles. The quantitative estimate of drug-likeness (QED) is 0.909. The number of aromatic nitrogens is 1. The molecule has 1 aromatic carbocycles. The Labute approximate surface area is 112 Å². The Balaban J connectivity index is 2.30. The SMILES string of the molecule is Nc1cc(CO)c(-c2ccc(OC(F)(F)F)cc2)cn1. The summed E-state index contributed by atoms with van der Waals surface area (Å²) in [5.41, 5.74) is 7.26. The number of nitrogen functional groups attached to an aromatic ring is 1. The molecular formula is C13H11F3N2O2. The smallest absolute Gasteiger partial charge is 0.406 e. The Morgan fingerprint density at radius 1 is 1.20 bits per heavy atom. The van der Waals surface area contributed by atoms with Crippen LogP contribution in [0.4, 0.5) is 19.0 Å². The minimum atomic E-state index is -4.72. The van der Waals surface area contributed by atoms with Gasteiger partial charge >= 0.3 is 6.36 Å². The summed E-state index contributed by atoms with van der Waals surface area (Å²) >= 11 is 0. The zero-order valence-corrected chi connectivity index (χ0v) is 10.2. The van der Waals surface area contributed by atoms with Crippen molar-refractivity contribution < 1.29 is 23.0 Å². The van der Waals surface area contributed by atoms with Crippen molar-refractivity contribution in [1.82, 2.24) is 4.98 Å². The lowest BCUT2D eigenvalue weighted by Crippen LogP contribution is -2.16. The minimum absolute atomic E-state index is 0.247. The molecule has 0 amide bonds. The van der Waals surface area contributed by atoms with Crippen LogP contribution in [0.15, 0.2) is 36.5 Å². The molecule has 3 N–H and O–H groups in total. The maximum absolute atomic E-state index is 12.0. The van der Waals surface area contributed by atoms with Crippen molar-refractivity contribution in [2.45, 2.75) is 13.0 Å². The Hall–Kier alpha value is -2.28. The average Bonchev–Trinajstić information content (AvgIpc) is 2.38. The lowest BCUT2D eigenvalue weighted by Gasteiger charge is -2.11. The number of hydrogen-bond acceptors (Lipinski definition) is 4. The number of aliphatic hydroxyl groups excluding tert-OH is 1. The number of halogens is 3. The van der Waals surface area contributed by atoms with E-state index in [1.807, 2.05) is 0 Å². The van der Waals surface area contributed by atoms with Crippen molar-refractivity contribution in [3.8, 4) is 16.9 Å². The van der Waals surface area contributed by atoms with Gasteiger partial charge in [-0.3, -0.25) is 0 Å². The molecule has 4 nitrogen and oxygen atoms in total. The van der Waals surface area contributed by atoms with Crippen LogP contribution >= 0.6 is 0 Å². The third kappa shape index (κ3) is 3.39. The van der Waals surface area contributed by atoms with E-state index in [-0.39, 0.29) is 18.2 Å². The second-order valence-corrected chi connectivity index (χ2v) is 4.00. The van der Waals surface area contributed by atoms with Gasteiger partial charge in [0.25, 0.3) is 0 Å². The number of ether oxygens (including phenoxy) is 1. The molecule has 0 radical (unpaired) electrons. The first-order valence-electron chi connectivity index (χ1n) is 5.60. The van der Waals surface area contributed by atoms with E-state index in [2.05, 4.69) is 9.72 Å². The first-order valence-corrected chi connectivity index (χ1v) is 5.60. The molecule has 0 aliphatic carbocycles.